The predicted molar refractivity (Wildman–Crippen MR) is 565 cm³/mol. The van der Waals surface area contributed by atoms with E-state index in [4.69, 9.17) is 14.6 Å². The summed E-state index contributed by atoms with van der Waals surface area (Å²) in [5.74, 6) is 0.359. The van der Waals surface area contributed by atoms with Crippen LogP contribution in [0.25, 0.3) is 60.6 Å². The molecule has 1 aliphatic carbocycles. The van der Waals surface area contributed by atoms with Crippen molar-refractivity contribution in [2.75, 3.05) is 46.4 Å². The molecular formula is C116H173F3N6O10S. The zero-order valence-electron chi connectivity index (χ0n) is 90.4. The normalized spacial score (nSPS) is 15.0. The summed E-state index contributed by atoms with van der Waals surface area (Å²) in [6.45, 7) is 80.1. The van der Waals surface area contributed by atoms with Crippen LogP contribution in [0.3, 0.4) is 0 Å². The van der Waals surface area contributed by atoms with Gasteiger partial charge < -0.3 is 62.9 Å². The van der Waals surface area contributed by atoms with Crippen LogP contribution in [-0.4, -0.2) is 127 Å². The fraction of sp³-hybridized carbons (Fsp3) is 0.586. The van der Waals surface area contributed by atoms with Crippen LogP contribution in [-0.2, 0) is 107 Å². The average molecular weight is 1900 g/mol. The maximum absolute atomic E-state index is 14.8. The van der Waals surface area contributed by atoms with E-state index >= 15 is 0 Å². The third-order valence-corrected chi connectivity index (χ3v) is 27.0. The topological polar surface area (TPSA) is 211 Å². The zero-order valence-corrected chi connectivity index (χ0v) is 91.2. The molecule has 20 heteroatoms. The molecule has 13 rings (SSSR count). The molecule has 6 aromatic carbocycles. The smallest absolute Gasteiger partial charge is 0.210 e. The summed E-state index contributed by atoms with van der Waals surface area (Å²) in [7, 11) is -1.79. The standard InChI is InChI=1S/C21H30FNO.C20H31NO3.C20H31NO.C19H28FNO2.C19H30N2O3S.C17H23F/c1-20(2,3)16-11-14-12-19(21(4,5)6)23(18(14)13-17(16)22)15-7-9-24-10-8-15;1-19(2,3)14-8-13-9-17(20(4,5)6)21(11-15(23)12-22)18(13)16(10-14)24-7;1-7-10-20(5,6)18-14-15-13-16(19(2,3)4)8-9-17(15)21(18)11-12-22;1-18(2,3)13-7-12-8-16(19(4,5)6)21(10-14(23)11-22)17(12)15(20)9-13;1-18(2,3)14-8-9-15-13(10-14)11-16(19(4,5)6)21(15)12-17(22)20-25(7,23)24;1-16(2,3)13-7-11-9-14(17(4,5)6)15(18)10-12(11)8-13/h11-13,15H,7-10H2,1-6H3;8-10,15,22-23H,11-12H2,1-7H3;8-9,13-14,22H,7,10-12H2,1-6H3;7-9,14,22-23H,10-11H2,1-6H3;8-11,17,20,22H,12H2,1-7H3;7,9-10H,8H2,1-6H3. The van der Waals surface area contributed by atoms with Gasteiger partial charge in [-0.05, 0) is 211 Å². The largest absolute Gasteiger partial charge is 0.495 e. The van der Waals surface area contributed by atoms with E-state index in [2.05, 4.69) is 353 Å². The van der Waals surface area contributed by atoms with Crippen molar-refractivity contribution in [2.45, 2.75) is 392 Å². The van der Waals surface area contributed by atoms with Gasteiger partial charge in [0.15, 0.2) is 0 Å². The third-order valence-electron chi connectivity index (χ3n) is 26.3. The van der Waals surface area contributed by atoms with Gasteiger partial charge in [0.05, 0.1) is 81.6 Å². The van der Waals surface area contributed by atoms with E-state index < -0.39 is 28.5 Å². The minimum atomic E-state index is -3.47. The Balaban J connectivity index is 0.000000201. The monoisotopic (exact) mass is 1900 g/mol. The van der Waals surface area contributed by atoms with Crippen LogP contribution in [0.2, 0.25) is 0 Å². The lowest BCUT2D eigenvalue weighted by atomic mass is 9.84. The lowest BCUT2D eigenvalue weighted by Gasteiger charge is -2.31. The highest BCUT2D eigenvalue weighted by Crippen LogP contribution is 2.45. The lowest BCUT2D eigenvalue weighted by molar-refractivity contribution is 0.0694. The predicted octanol–water partition coefficient (Wildman–Crippen LogP) is 26.3. The van der Waals surface area contributed by atoms with Crippen molar-refractivity contribution in [1.29, 1.82) is 0 Å². The number of allylic oxidation sites excluding steroid dienone is 1. The Morgan fingerprint density at radius 3 is 1.26 bits per heavy atom. The number of nitrogens with zero attached hydrogens (tertiary/aromatic N) is 5. The summed E-state index contributed by atoms with van der Waals surface area (Å²) in [6, 6.07) is 39.8. The number of fused-ring (bicyclic) bond motifs is 6. The first kappa shape index (κ1) is 113. The minimum absolute atomic E-state index is 0.0235. The van der Waals surface area contributed by atoms with E-state index in [9.17, 15) is 47.1 Å². The van der Waals surface area contributed by atoms with Gasteiger partial charge in [-0.3, -0.25) is 0 Å². The number of hydrogen-bond acceptors (Lipinski definition) is 10. The fourth-order valence-corrected chi connectivity index (χ4v) is 19.0. The number of nitrogens with one attached hydrogen (secondary N) is 1. The Bertz CT molecular complexity index is 6100. The van der Waals surface area contributed by atoms with Crippen LogP contribution in [0, 0.1) is 22.9 Å². The Hall–Kier alpha value is -8.02. The molecule has 1 fully saturated rings. The van der Waals surface area contributed by atoms with Gasteiger partial charge in [0.1, 0.15) is 29.4 Å². The quantitative estimate of drug-likeness (QED) is 0.0429. The molecular weight excluding hydrogens is 1730 g/mol. The van der Waals surface area contributed by atoms with Crippen LogP contribution in [0.1, 0.15) is 354 Å². The molecule has 754 valence electrons. The first-order valence-corrected chi connectivity index (χ1v) is 51.0. The van der Waals surface area contributed by atoms with Crippen molar-refractivity contribution < 1.29 is 61.7 Å². The Morgan fingerprint density at radius 2 is 0.831 bits per heavy atom. The van der Waals surface area contributed by atoms with E-state index in [0.717, 1.165) is 128 Å². The maximum Gasteiger partial charge on any atom is 0.210 e. The van der Waals surface area contributed by atoms with Gasteiger partial charge in [-0.15, -0.1) is 0 Å². The van der Waals surface area contributed by atoms with Gasteiger partial charge in [0.25, 0.3) is 0 Å². The van der Waals surface area contributed by atoms with Crippen LogP contribution in [0.15, 0.2) is 121 Å². The molecule has 136 heavy (non-hydrogen) atoms. The van der Waals surface area contributed by atoms with Crippen LogP contribution < -0.4 is 9.46 Å². The summed E-state index contributed by atoms with van der Waals surface area (Å²) in [6.07, 6.45) is 5.61. The van der Waals surface area contributed by atoms with Gasteiger partial charge in [-0.25, -0.2) is 21.6 Å². The fourth-order valence-electron chi connectivity index (χ4n) is 18.5. The first-order valence-electron chi connectivity index (χ1n) is 49.2. The Morgan fingerprint density at radius 1 is 0.426 bits per heavy atom. The summed E-state index contributed by atoms with van der Waals surface area (Å²) in [4.78, 5) is 0. The maximum atomic E-state index is 14.8. The van der Waals surface area contributed by atoms with Gasteiger partial charge in [-0.1, -0.05) is 279 Å². The highest BCUT2D eigenvalue weighted by molar-refractivity contribution is 7.88. The summed E-state index contributed by atoms with van der Waals surface area (Å²) in [5.41, 5.74) is 20.2. The molecule has 0 saturated carbocycles. The van der Waals surface area contributed by atoms with Crippen LogP contribution >= 0.6 is 0 Å². The van der Waals surface area contributed by atoms with Gasteiger partial charge in [0.2, 0.25) is 10.0 Å². The number of benzene rings is 6. The van der Waals surface area contributed by atoms with Gasteiger partial charge >= 0.3 is 0 Å². The molecule has 5 aromatic heterocycles. The summed E-state index contributed by atoms with van der Waals surface area (Å²) in [5, 5.41) is 63.5. The van der Waals surface area contributed by atoms with E-state index in [1.165, 1.54) is 56.5 Å². The van der Waals surface area contributed by atoms with Crippen molar-refractivity contribution in [3.8, 4) is 5.75 Å². The molecule has 6 heterocycles. The van der Waals surface area contributed by atoms with Crippen LogP contribution in [0.5, 0.6) is 5.75 Å². The number of ether oxygens (including phenoxy) is 2. The summed E-state index contributed by atoms with van der Waals surface area (Å²) < 4.78 is 90.6. The molecule has 11 aromatic rings. The average Bonchev–Trinajstić information content (AvgIpc) is 1.60. The van der Waals surface area contributed by atoms with Gasteiger partial charge in [-0.2, -0.15) is 4.72 Å². The molecule has 3 atom stereocenters. The molecule has 16 nitrogen and oxygen atoms in total. The van der Waals surface area contributed by atoms with Crippen molar-refractivity contribution in [1.82, 2.24) is 27.6 Å². The highest BCUT2D eigenvalue weighted by Gasteiger charge is 2.35. The molecule has 0 bridgehead atoms. The van der Waals surface area contributed by atoms with E-state index in [1.54, 1.807) is 29.9 Å². The van der Waals surface area contributed by atoms with E-state index in [1.807, 2.05) is 22.8 Å². The third kappa shape index (κ3) is 28.2. The van der Waals surface area contributed by atoms with Crippen molar-refractivity contribution in [3.63, 3.8) is 0 Å². The second-order valence-corrected chi connectivity index (χ2v) is 52.1. The zero-order chi connectivity index (χ0) is 103. The summed E-state index contributed by atoms with van der Waals surface area (Å²) >= 11 is 0. The molecule has 3 unspecified atom stereocenters. The first-order chi connectivity index (χ1) is 62.0. The number of halogens is 3. The molecule has 7 N–H and O–H groups in total. The SMILES string of the molecule is CC(C)(C)C1=Cc2cc(C(C)(C)C)c(F)cc2C1.CC(C)(C)c1cc(F)c2c(c1)cc(C(C)(C)C)n2CC(O)CO.CC(C)(C)c1cc2cc(C(C)(C)C)n(C3CCOCC3)c2cc1F.CC(C)(C)c1ccc2c(c1)cc(C(C)(C)C)n2CC(O)NS(C)(=O)=O.CCCC(C)(C)c1cc2cc(C(C)(C)C)ccc2n1CCO.COc1cc(C(C)(C)C)cc2cc(C(C)(C)C)n(CC(O)CO)c12. The molecule has 1 aliphatic heterocycles. The van der Waals surface area contributed by atoms with Crippen molar-refractivity contribution in [2.24, 2.45) is 5.41 Å². The number of aliphatic hydroxyl groups is 6. The number of hydrogen-bond donors (Lipinski definition) is 7. The number of aliphatic hydroxyl groups excluding tert-OH is 6. The number of methoxy groups -OCH3 is 1. The van der Waals surface area contributed by atoms with Crippen molar-refractivity contribution in [3.05, 3.63) is 211 Å². The number of aromatic nitrogens is 5. The minimum Gasteiger partial charge on any atom is -0.495 e. The number of sulfonamides is 1. The number of rotatable bonds is 17. The molecule has 0 radical (unpaired) electrons. The van der Waals surface area contributed by atoms with Crippen molar-refractivity contribution >= 4 is 70.6 Å². The molecule has 2 aliphatic rings. The Labute approximate surface area is 815 Å². The van der Waals surface area contributed by atoms with Gasteiger partial charge in [0, 0.05) is 119 Å². The molecule has 0 amide bonds. The second-order valence-electron chi connectivity index (χ2n) is 50.4. The second kappa shape index (κ2) is 42.4. The molecule has 1 saturated heterocycles. The van der Waals surface area contributed by atoms with E-state index in [-0.39, 0.29) is 115 Å². The molecule has 0 spiro atoms. The Kier molecular flexibility index (Phi) is 35.3. The highest BCUT2D eigenvalue weighted by atomic mass is 32.2. The van der Waals surface area contributed by atoms with E-state index in [0.29, 0.717) is 24.6 Å². The van der Waals surface area contributed by atoms with Crippen LogP contribution in [0.4, 0.5) is 13.2 Å². The lowest BCUT2D eigenvalue weighted by Crippen LogP contribution is -2.37.